The number of hydrogen-bond donors (Lipinski definition) is 3. The normalized spacial score (nSPS) is 20.2. The number of rotatable bonds is 9. The molecule has 170 valence electrons. The van der Waals surface area contributed by atoms with Crippen LogP contribution in [0.2, 0.25) is 0 Å². The molecular formula is C17H18N6O7S2. The number of nitrogen functional groups attached to an aromatic ring is 1. The van der Waals surface area contributed by atoms with Crippen molar-refractivity contribution in [3.05, 3.63) is 29.7 Å². The second-order valence-electron chi connectivity index (χ2n) is 6.38. The number of nitrogens with zero attached hydrogens (tertiary/aromatic N) is 4. The smallest absolute Gasteiger partial charge is 0.352 e. The van der Waals surface area contributed by atoms with Crippen molar-refractivity contribution in [1.29, 1.82) is 0 Å². The summed E-state index contributed by atoms with van der Waals surface area (Å²) in [5.74, 6) is -3.22. The van der Waals surface area contributed by atoms with Crippen molar-refractivity contribution in [3.63, 3.8) is 0 Å². The van der Waals surface area contributed by atoms with Gasteiger partial charge in [0.1, 0.15) is 30.3 Å². The van der Waals surface area contributed by atoms with Crippen LogP contribution in [0.4, 0.5) is 5.13 Å². The van der Waals surface area contributed by atoms with E-state index in [2.05, 4.69) is 26.4 Å². The lowest BCUT2D eigenvalue weighted by molar-refractivity contribution is -0.150. The van der Waals surface area contributed by atoms with Gasteiger partial charge in [0, 0.05) is 29.8 Å². The van der Waals surface area contributed by atoms with Crippen molar-refractivity contribution >= 4 is 57.9 Å². The summed E-state index contributed by atoms with van der Waals surface area (Å²) in [5, 5.41) is 15.3. The van der Waals surface area contributed by atoms with Crippen molar-refractivity contribution in [2.24, 2.45) is 5.16 Å². The summed E-state index contributed by atoms with van der Waals surface area (Å²) in [4.78, 5) is 58.3. The highest BCUT2D eigenvalue weighted by Gasteiger charge is 2.54. The molecule has 15 heteroatoms. The fourth-order valence-electron chi connectivity index (χ4n) is 2.86. The fraction of sp³-hybridized carbons (Fsp3) is 0.353. The highest BCUT2D eigenvalue weighted by Crippen LogP contribution is 2.40. The monoisotopic (exact) mass is 482 g/mol. The van der Waals surface area contributed by atoms with E-state index >= 15 is 0 Å². The molecule has 0 radical (unpaired) electrons. The van der Waals surface area contributed by atoms with E-state index in [0.29, 0.717) is 0 Å². The van der Waals surface area contributed by atoms with Crippen LogP contribution in [-0.2, 0) is 28.8 Å². The van der Waals surface area contributed by atoms with Crippen LogP contribution in [0.25, 0.3) is 0 Å². The SMILES string of the molecule is C=CCON=C(C(=O)NC1C(=O)N2C(C(=O)O)=C(COC(C)=O)CS[C@H]12)c1nsc(N)n1. The van der Waals surface area contributed by atoms with E-state index in [0.717, 1.165) is 16.4 Å². The van der Waals surface area contributed by atoms with Crippen LogP contribution in [0, 0.1) is 0 Å². The molecule has 1 fully saturated rings. The minimum Gasteiger partial charge on any atom is -0.477 e. The molecule has 1 aromatic heterocycles. The summed E-state index contributed by atoms with van der Waals surface area (Å²) in [7, 11) is 0. The van der Waals surface area contributed by atoms with Gasteiger partial charge in [0.25, 0.3) is 11.8 Å². The maximum Gasteiger partial charge on any atom is 0.352 e. The molecule has 2 aliphatic rings. The molecule has 0 bridgehead atoms. The number of anilines is 1. The highest BCUT2D eigenvalue weighted by molar-refractivity contribution is 8.00. The maximum atomic E-state index is 12.8. The lowest BCUT2D eigenvalue weighted by Gasteiger charge is -2.49. The van der Waals surface area contributed by atoms with Gasteiger partial charge in [-0.15, -0.1) is 11.8 Å². The van der Waals surface area contributed by atoms with Gasteiger partial charge in [-0.2, -0.15) is 9.36 Å². The summed E-state index contributed by atoms with van der Waals surface area (Å²) < 4.78 is 8.81. The van der Waals surface area contributed by atoms with Crippen LogP contribution < -0.4 is 11.1 Å². The Morgan fingerprint density at radius 1 is 1.47 bits per heavy atom. The van der Waals surface area contributed by atoms with Crippen molar-refractivity contribution in [1.82, 2.24) is 19.6 Å². The Hall–Kier alpha value is -3.46. The first-order chi connectivity index (χ1) is 15.2. The molecule has 2 aliphatic heterocycles. The first-order valence-corrected chi connectivity index (χ1v) is 10.8. The average Bonchev–Trinajstić information content (AvgIpc) is 3.18. The third kappa shape index (κ3) is 4.72. The maximum absolute atomic E-state index is 12.8. The predicted octanol–water partition coefficient (Wildman–Crippen LogP) is -0.671. The van der Waals surface area contributed by atoms with E-state index in [4.69, 9.17) is 15.3 Å². The lowest BCUT2D eigenvalue weighted by Crippen LogP contribution is -2.71. The van der Waals surface area contributed by atoms with E-state index in [1.165, 1.54) is 24.8 Å². The number of fused-ring (bicyclic) bond motifs is 1. The molecule has 2 amide bonds. The number of aromatic nitrogens is 2. The molecule has 4 N–H and O–H groups in total. The van der Waals surface area contributed by atoms with Crippen LogP contribution in [0.5, 0.6) is 0 Å². The second kappa shape index (κ2) is 9.78. The molecule has 3 heterocycles. The topological polar surface area (TPSA) is 186 Å². The number of amides is 2. The third-order valence-electron chi connectivity index (χ3n) is 4.20. The molecule has 13 nitrogen and oxygen atoms in total. The van der Waals surface area contributed by atoms with Crippen molar-refractivity contribution in [2.75, 3.05) is 24.7 Å². The van der Waals surface area contributed by atoms with Crippen LogP contribution in [0.1, 0.15) is 12.7 Å². The Balaban J connectivity index is 1.78. The number of carboxylic acids is 1. The van der Waals surface area contributed by atoms with E-state index < -0.39 is 35.2 Å². The van der Waals surface area contributed by atoms with Gasteiger partial charge in [-0.1, -0.05) is 17.8 Å². The quantitative estimate of drug-likeness (QED) is 0.101. The number of carboxylic acid groups (broad SMARTS) is 1. The molecule has 0 spiro atoms. The van der Waals surface area contributed by atoms with Crippen LogP contribution >= 0.6 is 23.3 Å². The molecule has 0 aromatic carbocycles. The van der Waals surface area contributed by atoms with Crippen molar-refractivity contribution < 1.29 is 33.9 Å². The van der Waals surface area contributed by atoms with E-state index in [-0.39, 0.29) is 46.9 Å². The van der Waals surface area contributed by atoms with Gasteiger partial charge in [0.15, 0.2) is 5.13 Å². The van der Waals surface area contributed by atoms with Gasteiger partial charge in [-0.25, -0.2) is 4.79 Å². The first kappa shape index (κ1) is 23.2. The number of hydrogen-bond acceptors (Lipinski definition) is 12. The molecule has 0 saturated carbocycles. The van der Waals surface area contributed by atoms with Crippen molar-refractivity contribution in [3.8, 4) is 0 Å². The average molecular weight is 483 g/mol. The Bertz CT molecular complexity index is 1040. The molecular weight excluding hydrogens is 464 g/mol. The predicted molar refractivity (Wildman–Crippen MR) is 113 cm³/mol. The standard InChI is InChI=1S/C17H18N6O7S2/c1-3-4-30-21-9(12-20-17(18)32-22-12)13(25)19-10-14(26)23-11(16(27)28)8(5-29-7(2)24)6-31-15(10)23/h3,10,15H,1,4-6H2,2H3,(H,19,25)(H,27,28)(H2,18,20,22)/t10?,15-/m1/s1. The lowest BCUT2D eigenvalue weighted by atomic mass is 10.0. The Labute approximate surface area is 189 Å². The van der Waals surface area contributed by atoms with Gasteiger partial charge < -0.3 is 25.7 Å². The highest BCUT2D eigenvalue weighted by atomic mass is 32.2. The van der Waals surface area contributed by atoms with Crippen LogP contribution in [0.15, 0.2) is 29.1 Å². The molecule has 1 aromatic rings. The molecule has 2 atom stereocenters. The Kier molecular flexibility index (Phi) is 7.09. The number of carbonyl (C=O) groups excluding carboxylic acids is 3. The number of aliphatic carboxylic acids is 1. The number of nitrogens with one attached hydrogen (secondary N) is 1. The largest absolute Gasteiger partial charge is 0.477 e. The molecule has 0 aliphatic carbocycles. The van der Waals surface area contributed by atoms with E-state index in [9.17, 15) is 24.3 Å². The first-order valence-electron chi connectivity index (χ1n) is 8.99. The van der Waals surface area contributed by atoms with Gasteiger partial charge >= 0.3 is 11.9 Å². The van der Waals surface area contributed by atoms with Gasteiger partial charge in [0.05, 0.1) is 0 Å². The van der Waals surface area contributed by atoms with Crippen LogP contribution in [-0.4, -0.2) is 79.2 Å². The number of oxime groups is 1. The van der Waals surface area contributed by atoms with Gasteiger partial charge in [-0.3, -0.25) is 19.3 Å². The number of carbonyl (C=O) groups is 4. The van der Waals surface area contributed by atoms with Gasteiger partial charge in [-0.05, 0) is 0 Å². The minimum atomic E-state index is -1.34. The number of thioether (sulfide) groups is 1. The van der Waals surface area contributed by atoms with E-state index in [1.807, 2.05) is 0 Å². The number of nitrogens with two attached hydrogens (primary N) is 1. The molecule has 32 heavy (non-hydrogen) atoms. The molecule has 1 unspecified atom stereocenters. The molecule has 1 saturated heterocycles. The van der Waals surface area contributed by atoms with Crippen LogP contribution in [0.3, 0.4) is 0 Å². The summed E-state index contributed by atoms with van der Waals surface area (Å²) in [5.41, 5.74) is 5.29. The molecule has 3 rings (SSSR count). The number of esters is 1. The zero-order chi connectivity index (χ0) is 23.4. The summed E-state index contributed by atoms with van der Waals surface area (Å²) in [6.45, 7) is 4.45. The van der Waals surface area contributed by atoms with E-state index in [1.54, 1.807) is 0 Å². The summed E-state index contributed by atoms with van der Waals surface area (Å²) >= 11 is 2.08. The summed E-state index contributed by atoms with van der Waals surface area (Å²) in [6, 6.07) is -1.02. The minimum absolute atomic E-state index is 0.0168. The number of β-lactam (4-membered cyclic amide) rings is 1. The van der Waals surface area contributed by atoms with Crippen molar-refractivity contribution in [2.45, 2.75) is 18.3 Å². The Morgan fingerprint density at radius 2 is 2.22 bits per heavy atom. The zero-order valence-corrected chi connectivity index (χ0v) is 18.3. The van der Waals surface area contributed by atoms with Gasteiger partial charge in [0.2, 0.25) is 11.5 Å². The second-order valence-corrected chi connectivity index (χ2v) is 8.27. The zero-order valence-electron chi connectivity index (χ0n) is 16.6. The third-order valence-corrected chi connectivity index (χ3v) is 6.09. The summed E-state index contributed by atoms with van der Waals surface area (Å²) in [6.07, 6.45) is 1.42. The number of ether oxygens (including phenoxy) is 1. The Morgan fingerprint density at radius 3 is 2.81 bits per heavy atom. The fourth-order valence-corrected chi connectivity index (χ4v) is 4.62.